The smallest absolute Gasteiger partial charge is 0.194 e. The fourth-order valence-electron chi connectivity index (χ4n) is 2.27. The molecule has 0 atom stereocenters. The topological polar surface area (TPSA) is 51.7 Å². The fraction of sp³-hybridized carbons (Fsp3) is 0.0833. The fourth-order valence-corrected chi connectivity index (χ4v) is 3.75. The molecule has 0 saturated carbocycles. The van der Waals surface area contributed by atoms with Gasteiger partial charge in [-0.3, -0.25) is 13.6 Å². The summed E-state index contributed by atoms with van der Waals surface area (Å²) in [6.07, 6.45) is 4.67. The van der Waals surface area contributed by atoms with Crippen molar-refractivity contribution >= 4 is 38.9 Å². The van der Waals surface area contributed by atoms with Crippen LogP contribution in [0.4, 0.5) is 0 Å². The molecule has 0 aliphatic rings. The highest BCUT2D eigenvalue weighted by Crippen LogP contribution is 2.30. The third-order valence-electron chi connectivity index (χ3n) is 3.07. The molecule has 19 heavy (non-hydrogen) atoms. The third kappa shape index (κ3) is 1.36. The summed E-state index contributed by atoms with van der Waals surface area (Å²) in [5.74, 6) is 0. The number of nitrogens with zero attached hydrogens (tertiary/aromatic N) is 4. The Hall–Kier alpha value is -1.99. The van der Waals surface area contributed by atoms with E-state index in [1.165, 1.54) is 11.3 Å². The molecule has 0 aliphatic carbocycles. The van der Waals surface area contributed by atoms with Crippen molar-refractivity contribution in [3.05, 3.63) is 34.5 Å². The van der Waals surface area contributed by atoms with Crippen LogP contribution >= 0.6 is 22.7 Å². The first-order chi connectivity index (χ1) is 9.29. The van der Waals surface area contributed by atoms with Gasteiger partial charge < -0.3 is 0 Å². The number of rotatable bonds is 2. The van der Waals surface area contributed by atoms with Crippen molar-refractivity contribution in [2.24, 2.45) is 0 Å². The molecular formula is C12H8N4OS2. The molecule has 5 nitrogen and oxygen atoms in total. The van der Waals surface area contributed by atoms with E-state index in [0.29, 0.717) is 11.4 Å². The van der Waals surface area contributed by atoms with Crippen LogP contribution in [0, 0.1) is 6.92 Å². The number of aldehydes is 1. The summed E-state index contributed by atoms with van der Waals surface area (Å²) in [5, 5.41) is 3.90. The van der Waals surface area contributed by atoms with E-state index in [-0.39, 0.29) is 0 Å². The predicted molar refractivity (Wildman–Crippen MR) is 75.3 cm³/mol. The summed E-state index contributed by atoms with van der Waals surface area (Å²) in [6, 6.07) is 0. The lowest BCUT2D eigenvalue weighted by molar-refractivity contribution is 0.111. The van der Waals surface area contributed by atoms with Gasteiger partial charge in [-0.25, -0.2) is 9.97 Å². The SMILES string of the molecule is Cc1nc2sccn2c1-c1nc2sccn2c1C=O. The van der Waals surface area contributed by atoms with Crippen molar-refractivity contribution in [1.29, 1.82) is 0 Å². The van der Waals surface area contributed by atoms with Gasteiger partial charge in [-0.2, -0.15) is 0 Å². The Morgan fingerprint density at radius 1 is 1.11 bits per heavy atom. The van der Waals surface area contributed by atoms with Gasteiger partial charge in [0.2, 0.25) is 0 Å². The van der Waals surface area contributed by atoms with E-state index in [0.717, 1.165) is 27.6 Å². The van der Waals surface area contributed by atoms with Crippen LogP contribution in [0.2, 0.25) is 0 Å². The summed E-state index contributed by atoms with van der Waals surface area (Å²) >= 11 is 3.09. The summed E-state index contributed by atoms with van der Waals surface area (Å²) in [4.78, 5) is 22.2. The van der Waals surface area contributed by atoms with Crippen molar-refractivity contribution in [3.8, 4) is 11.4 Å². The molecule has 4 aromatic heterocycles. The minimum Gasteiger partial charge on any atom is -0.296 e. The summed E-state index contributed by atoms with van der Waals surface area (Å²) in [7, 11) is 0. The number of fused-ring (bicyclic) bond motifs is 2. The summed E-state index contributed by atoms with van der Waals surface area (Å²) in [5.41, 5.74) is 3.06. The average Bonchev–Trinajstić information content (AvgIpc) is 3.07. The molecule has 94 valence electrons. The highest BCUT2D eigenvalue weighted by molar-refractivity contribution is 7.15. The Balaban J connectivity index is 2.13. The molecular weight excluding hydrogens is 280 g/mol. The molecule has 4 rings (SSSR count). The van der Waals surface area contributed by atoms with Crippen LogP contribution in [-0.2, 0) is 0 Å². The van der Waals surface area contributed by atoms with Crippen molar-refractivity contribution in [1.82, 2.24) is 18.8 Å². The number of thiazole rings is 2. The van der Waals surface area contributed by atoms with E-state index in [9.17, 15) is 4.79 Å². The van der Waals surface area contributed by atoms with Crippen LogP contribution in [0.15, 0.2) is 23.2 Å². The summed E-state index contributed by atoms with van der Waals surface area (Å²) < 4.78 is 3.80. The molecule has 0 spiro atoms. The molecule has 0 amide bonds. The minimum atomic E-state index is 0.576. The zero-order valence-electron chi connectivity index (χ0n) is 9.90. The lowest BCUT2D eigenvalue weighted by Gasteiger charge is -1.98. The number of imidazole rings is 2. The predicted octanol–water partition coefficient (Wildman–Crippen LogP) is 2.89. The van der Waals surface area contributed by atoms with Gasteiger partial charge in [0.15, 0.2) is 16.2 Å². The zero-order chi connectivity index (χ0) is 13.0. The van der Waals surface area contributed by atoms with Crippen LogP contribution in [0.3, 0.4) is 0 Å². The highest BCUT2D eigenvalue weighted by Gasteiger charge is 2.20. The number of carbonyl (C=O) groups excluding carboxylic acids is 1. The molecule has 0 radical (unpaired) electrons. The maximum absolute atomic E-state index is 11.4. The maximum Gasteiger partial charge on any atom is 0.194 e. The standard InChI is InChI=1S/C12H8N4OS2/c1-7-10(16-3-5-18-11(16)13-7)9-8(6-17)15-2-4-19-12(15)14-9/h2-6H,1H3. The van der Waals surface area contributed by atoms with Crippen molar-refractivity contribution in [3.63, 3.8) is 0 Å². The number of aromatic nitrogens is 4. The Labute approximate surface area is 115 Å². The first kappa shape index (κ1) is 10.9. The largest absolute Gasteiger partial charge is 0.296 e. The second-order valence-electron chi connectivity index (χ2n) is 4.12. The van der Waals surface area contributed by atoms with Gasteiger partial charge in [-0.1, -0.05) is 0 Å². The average molecular weight is 288 g/mol. The van der Waals surface area contributed by atoms with Crippen molar-refractivity contribution in [2.75, 3.05) is 0 Å². The number of hydrogen-bond donors (Lipinski definition) is 0. The van der Waals surface area contributed by atoms with Gasteiger partial charge in [0.1, 0.15) is 11.4 Å². The van der Waals surface area contributed by atoms with Gasteiger partial charge in [-0.05, 0) is 6.92 Å². The molecule has 0 aliphatic heterocycles. The van der Waals surface area contributed by atoms with E-state index in [4.69, 9.17) is 0 Å². The van der Waals surface area contributed by atoms with Crippen LogP contribution in [0.25, 0.3) is 21.3 Å². The Bertz CT molecular complexity index is 911. The number of carbonyl (C=O) groups is 1. The van der Waals surface area contributed by atoms with Gasteiger partial charge in [0, 0.05) is 23.2 Å². The molecule has 4 heterocycles. The van der Waals surface area contributed by atoms with E-state index in [2.05, 4.69) is 9.97 Å². The maximum atomic E-state index is 11.4. The molecule has 0 unspecified atom stereocenters. The first-order valence-corrected chi connectivity index (χ1v) is 7.39. The van der Waals surface area contributed by atoms with E-state index < -0.39 is 0 Å². The van der Waals surface area contributed by atoms with Gasteiger partial charge >= 0.3 is 0 Å². The van der Waals surface area contributed by atoms with Crippen molar-refractivity contribution < 1.29 is 4.79 Å². The zero-order valence-corrected chi connectivity index (χ0v) is 11.5. The lowest BCUT2D eigenvalue weighted by Crippen LogP contribution is -1.93. The van der Waals surface area contributed by atoms with E-state index in [1.807, 2.05) is 38.9 Å². The van der Waals surface area contributed by atoms with Crippen molar-refractivity contribution in [2.45, 2.75) is 6.92 Å². The highest BCUT2D eigenvalue weighted by atomic mass is 32.1. The molecule has 0 aromatic carbocycles. The van der Waals surface area contributed by atoms with Gasteiger partial charge in [0.05, 0.1) is 11.4 Å². The van der Waals surface area contributed by atoms with Gasteiger partial charge in [0.25, 0.3) is 0 Å². The minimum absolute atomic E-state index is 0.576. The quantitative estimate of drug-likeness (QED) is 0.533. The molecule has 0 bridgehead atoms. The van der Waals surface area contributed by atoms with Crippen LogP contribution in [0.5, 0.6) is 0 Å². The first-order valence-electron chi connectivity index (χ1n) is 5.63. The molecule has 7 heteroatoms. The summed E-state index contributed by atoms with van der Waals surface area (Å²) in [6.45, 7) is 1.94. The van der Waals surface area contributed by atoms with Gasteiger partial charge in [-0.15, -0.1) is 22.7 Å². The second-order valence-corrected chi connectivity index (χ2v) is 5.87. The second kappa shape index (κ2) is 3.75. The Kier molecular flexibility index (Phi) is 2.15. The monoisotopic (exact) mass is 288 g/mol. The Morgan fingerprint density at radius 2 is 1.79 bits per heavy atom. The number of hydrogen-bond acceptors (Lipinski definition) is 5. The third-order valence-corrected chi connectivity index (χ3v) is 4.58. The molecule has 0 N–H and O–H groups in total. The molecule has 0 fully saturated rings. The Morgan fingerprint density at radius 3 is 2.53 bits per heavy atom. The van der Waals surface area contributed by atoms with E-state index >= 15 is 0 Å². The van der Waals surface area contributed by atoms with Crippen LogP contribution < -0.4 is 0 Å². The van der Waals surface area contributed by atoms with Crippen LogP contribution in [-0.4, -0.2) is 25.1 Å². The normalized spacial score (nSPS) is 11.6. The molecule has 0 saturated heterocycles. The van der Waals surface area contributed by atoms with E-state index in [1.54, 1.807) is 11.3 Å². The van der Waals surface area contributed by atoms with Crippen LogP contribution in [0.1, 0.15) is 16.2 Å². The molecule has 4 aromatic rings. The number of aryl methyl sites for hydroxylation is 1. The lowest BCUT2D eigenvalue weighted by atomic mass is 10.2.